The van der Waals surface area contributed by atoms with Crippen LogP contribution in [0.5, 0.6) is 5.75 Å². The van der Waals surface area contributed by atoms with Crippen molar-refractivity contribution in [2.24, 2.45) is 5.41 Å². The van der Waals surface area contributed by atoms with Gasteiger partial charge in [0.15, 0.2) is 0 Å². The minimum absolute atomic E-state index is 0.0419. The normalized spacial score (nSPS) is 12.2. The quantitative estimate of drug-likeness (QED) is 0.137. The standard InChI is InChI=1S/C21H30N2O2S.C12H18O2.C2H6/c1-6-7-8-19(16(2)26)22-20(25)18-11-9-17(10-12-18)13-23(15-24)14-21(3,4)5;1-4-12(13-3)10-6-8-11(9-7-10)14-5-2;1-2/h7-12,15,26H,6,13-14H2,1-5H3,(H,22,25);6-9,12H,4-5H2,1-3H3;1-2H3/b8-7-,19-16-;;. The van der Waals surface area contributed by atoms with Crippen LogP contribution in [0.3, 0.4) is 0 Å². The largest absolute Gasteiger partial charge is 0.494 e. The number of thiol groups is 1. The number of nitrogens with zero attached hydrogens (tertiary/aromatic N) is 1. The van der Waals surface area contributed by atoms with Crippen molar-refractivity contribution in [3.63, 3.8) is 0 Å². The SMILES string of the molecule is CC.CC/C=C\C(NC(=O)c1ccc(CN(C=O)CC(C)(C)C)cc1)=C(/C)S.CCOc1ccc(C(CC)OC)cc1. The van der Waals surface area contributed by atoms with Crippen molar-refractivity contribution in [3.8, 4) is 5.75 Å². The molecule has 0 saturated heterocycles. The average molecular weight is 599 g/mol. The van der Waals surface area contributed by atoms with Crippen molar-refractivity contribution in [2.45, 2.75) is 87.8 Å². The van der Waals surface area contributed by atoms with Crippen molar-refractivity contribution in [1.29, 1.82) is 0 Å². The molecule has 2 rings (SSSR count). The minimum atomic E-state index is -0.178. The molecule has 6 nitrogen and oxygen atoms in total. The molecule has 7 heteroatoms. The topological polar surface area (TPSA) is 67.9 Å². The molecule has 0 radical (unpaired) electrons. The number of allylic oxidation sites excluding steroid dienone is 3. The maximum absolute atomic E-state index is 12.4. The molecule has 2 aromatic rings. The van der Waals surface area contributed by atoms with E-state index in [1.807, 2.05) is 71.0 Å². The molecule has 2 aromatic carbocycles. The predicted octanol–water partition coefficient (Wildman–Crippen LogP) is 8.76. The van der Waals surface area contributed by atoms with Gasteiger partial charge in [-0.1, -0.05) is 78.8 Å². The summed E-state index contributed by atoms with van der Waals surface area (Å²) >= 11 is 4.33. The number of carbonyl (C=O) groups is 2. The Bertz CT molecular complexity index is 1080. The van der Waals surface area contributed by atoms with Crippen molar-refractivity contribution in [1.82, 2.24) is 10.2 Å². The summed E-state index contributed by atoms with van der Waals surface area (Å²) in [6.07, 6.45) is 6.79. The number of ether oxygens (including phenoxy) is 2. The Morgan fingerprint density at radius 1 is 1.02 bits per heavy atom. The molecule has 0 spiro atoms. The van der Waals surface area contributed by atoms with Gasteiger partial charge >= 0.3 is 0 Å². The predicted molar refractivity (Wildman–Crippen MR) is 180 cm³/mol. The number of hydrogen-bond donors (Lipinski definition) is 2. The molecular formula is C35H54N2O4S. The lowest BCUT2D eigenvalue weighted by Crippen LogP contribution is -2.31. The zero-order chi connectivity index (χ0) is 32.1. The average Bonchev–Trinajstić information content (AvgIpc) is 2.97. The maximum atomic E-state index is 12.4. The van der Waals surface area contributed by atoms with Gasteiger partial charge in [0, 0.05) is 36.4 Å². The van der Waals surface area contributed by atoms with Crippen molar-refractivity contribution in [2.75, 3.05) is 20.3 Å². The molecule has 0 aliphatic heterocycles. The third-order valence-electron chi connectivity index (χ3n) is 5.80. The Balaban J connectivity index is 0.000000881. The highest BCUT2D eigenvalue weighted by atomic mass is 32.1. The molecule has 0 bridgehead atoms. The summed E-state index contributed by atoms with van der Waals surface area (Å²) in [6.45, 7) is 20.2. The number of nitrogens with one attached hydrogen (secondary N) is 1. The lowest BCUT2D eigenvalue weighted by Gasteiger charge is -2.26. The summed E-state index contributed by atoms with van der Waals surface area (Å²) in [5.74, 6) is 0.741. The lowest BCUT2D eigenvalue weighted by atomic mass is 9.96. The Hall–Kier alpha value is -3.03. The van der Waals surface area contributed by atoms with E-state index < -0.39 is 0 Å². The smallest absolute Gasteiger partial charge is 0.255 e. The summed E-state index contributed by atoms with van der Waals surface area (Å²) in [6, 6.07) is 15.4. The first-order valence-corrected chi connectivity index (χ1v) is 15.3. The van der Waals surface area contributed by atoms with Gasteiger partial charge in [-0.15, -0.1) is 12.6 Å². The number of carbonyl (C=O) groups excluding carboxylic acids is 2. The minimum Gasteiger partial charge on any atom is -0.494 e. The Morgan fingerprint density at radius 2 is 1.62 bits per heavy atom. The van der Waals surface area contributed by atoms with Gasteiger partial charge in [0.1, 0.15) is 5.75 Å². The second-order valence-electron chi connectivity index (χ2n) is 10.7. The van der Waals surface area contributed by atoms with Crippen LogP contribution in [0.1, 0.15) is 103 Å². The highest BCUT2D eigenvalue weighted by Crippen LogP contribution is 2.22. The van der Waals surface area contributed by atoms with Gasteiger partial charge in [-0.2, -0.15) is 0 Å². The van der Waals surface area contributed by atoms with Crippen LogP contribution in [-0.4, -0.2) is 37.5 Å². The van der Waals surface area contributed by atoms with E-state index in [-0.39, 0.29) is 17.4 Å². The van der Waals surface area contributed by atoms with Gasteiger partial charge in [0.25, 0.3) is 5.91 Å². The Labute approximate surface area is 261 Å². The molecule has 42 heavy (non-hydrogen) atoms. The van der Waals surface area contributed by atoms with Crippen LogP contribution in [0, 0.1) is 5.41 Å². The van der Waals surface area contributed by atoms with E-state index in [2.05, 4.69) is 57.8 Å². The molecule has 234 valence electrons. The van der Waals surface area contributed by atoms with Crippen molar-refractivity contribution in [3.05, 3.63) is 88.0 Å². The summed E-state index contributed by atoms with van der Waals surface area (Å²) in [4.78, 5) is 26.2. The molecule has 2 amide bonds. The highest BCUT2D eigenvalue weighted by molar-refractivity contribution is 7.84. The van der Waals surface area contributed by atoms with E-state index in [1.165, 1.54) is 5.56 Å². The molecule has 0 saturated carbocycles. The van der Waals surface area contributed by atoms with Gasteiger partial charge in [0.05, 0.1) is 12.7 Å². The lowest BCUT2D eigenvalue weighted by molar-refractivity contribution is -0.119. The summed E-state index contributed by atoms with van der Waals surface area (Å²) in [7, 11) is 1.74. The monoisotopic (exact) mass is 598 g/mol. The first-order valence-electron chi connectivity index (χ1n) is 14.9. The summed E-state index contributed by atoms with van der Waals surface area (Å²) < 4.78 is 10.7. The number of methoxy groups -OCH3 is 1. The number of amides is 2. The fourth-order valence-electron chi connectivity index (χ4n) is 3.90. The van der Waals surface area contributed by atoms with E-state index in [9.17, 15) is 9.59 Å². The first-order chi connectivity index (χ1) is 20.0. The van der Waals surface area contributed by atoms with Crippen LogP contribution >= 0.6 is 12.6 Å². The molecule has 0 aliphatic rings. The summed E-state index contributed by atoms with van der Waals surface area (Å²) in [5.41, 5.74) is 3.50. The Kier molecular flexibility index (Phi) is 20.1. The van der Waals surface area contributed by atoms with Gasteiger partial charge in [-0.3, -0.25) is 9.59 Å². The molecule has 0 aromatic heterocycles. The third kappa shape index (κ3) is 15.8. The van der Waals surface area contributed by atoms with Gasteiger partial charge < -0.3 is 19.7 Å². The number of hydrogen-bond acceptors (Lipinski definition) is 5. The second kappa shape index (κ2) is 21.6. The van der Waals surface area contributed by atoms with E-state index in [4.69, 9.17) is 9.47 Å². The molecule has 1 atom stereocenters. The molecule has 0 fully saturated rings. The van der Waals surface area contributed by atoms with Crippen LogP contribution < -0.4 is 10.1 Å². The maximum Gasteiger partial charge on any atom is 0.255 e. The first kappa shape index (κ1) is 39.0. The van der Waals surface area contributed by atoms with Crippen LogP contribution in [0.15, 0.2) is 71.3 Å². The number of benzene rings is 2. The van der Waals surface area contributed by atoms with Crippen LogP contribution in [0.25, 0.3) is 0 Å². The van der Waals surface area contributed by atoms with Crippen LogP contribution in [0.4, 0.5) is 0 Å². The molecule has 1 N–H and O–H groups in total. The zero-order valence-corrected chi connectivity index (χ0v) is 28.4. The third-order valence-corrected chi connectivity index (χ3v) is 6.05. The summed E-state index contributed by atoms with van der Waals surface area (Å²) in [5, 5.41) is 2.88. The molecular weight excluding hydrogens is 544 g/mol. The Morgan fingerprint density at radius 3 is 2.05 bits per heavy atom. The second-order valence-corrected chi connectivity index (χ2v) is 11.3. The fourth-order valence-corrected chi connectivity index (χ4v) is 4.03. The highest BCUT2D eigenvalue weighted by Gasteiger charge is 2.16. The number of rotatable bonds is 13. The van der Waals surface area contributed by atoms with Gasteiger partial charge in [0.2, 0.25) is 6.41 Å². The van der Waals surface area contributed by atoms with Crippen molar-refractivity contribution < 1.29 is 19.1 Å². The van der Waals surface area contributed by atoms with Crippen molar-refractivity contribution >= 4 is 24.9 Å². The van der Waals surface area contributed by atoms with Crippen LogP contribution in [0.2, 0.25) is 0 Å². The van der Waals surface area contributed by atoms with E-state index in [0.717, 1.165) is 35.5 Å². The fraction of sp³-hybridized carbons (Fsp3) is 0.486. The van der Waals surface area contributed by atoms with Crippen LogP contribution in [-0.2, 0) is 16.1 Å². The van der Waals surface area contributed by atoms with Gasteiger partial charge in [-0.25, -0.2) is 0 Å². The van der Waals surface area contributed by atoms with E-state index >= 15 is 0 Å². The van der Waals surface area contributed by atoms with E-state index in [0.29, 0.717) is 31.0 Å². The van der Waals surface area contributed by atoms with E-state index in [1.54, 1.807) is 24.1 Å². The van der Waals surface area contributed by atoms with Gasteiger partial charge in [-0.05, 0) is 73.6 Å². The molecule has 1 unspecified atom stereocenters. The molecule has 0 heterocycles. The zero-order valence-electron chi connectivity index (χ0n) is 27.5. The molecule has 0 aliphatic carbocycles.